The second-order valence-electron chi connectivity index (χ2n) is 5.92. The number of ketones is 1. The standard InChI is InChI=1S/C17H18O4/c1-17(9-11(17)7-8-14(18)16(19)20-2)13-10-21-15-6-4-3-5-12(13)15/h3-6,10-11H,7-9H2,1-2H3/t11-,17-/m0/s1. The van der Waals surface area contributed by atoms with Crippen LogP contribution >= 0.6 is 0 Å². The van der Waals surface area contributed by atoms with Gasteiger partial charge in [0, 0.05) is 17.4 Å². The predicted molar refractivity (Wildman–Crippen MR) is 77.9 cm³/mol. The summed E-state index contributed by atoms with van der Waals surface area (Å²) in [4.78, 5) is 22.6. The molecule has 1 aromatic heterocycles. The third kappa shape index (κ3) is 2.35. The van der Waals surface area contributed by atoms with E-state index in [1.165, 1.54) is 12.7 Å². The first-order valence-corrected chi connectivity index (χ1v) is 7.14. The van der Waals surface area contributed by atoms with Crippen LogP contribution in [0.25, 0.3) is 11.0 Å². The molecule has 1 fully saturated rings. The Morgan fingerprint density at radius 1 is 1.38 bits per heavy atom. The van der Waals surface area contributed by atoms with Gasteiger partial charge in [0.05, 0.1) is 13.4 Å². The number of Topliss-reactive ketones (excluding diaryl/α,β-unsaturated/α-hetero) is 1. The molecule has 0 radical (unpaired) electrons. The van der Waals surface area contributed by atoms with E-state index >= 15 is 0 Å². The van der Waals surface area contributed by atoms with Crippen LogP contribution in [0.15, 0.2) is 34.9 Å². The predicted octanol–water partition coefficient (Wildman–Crippen LogP) is 3.23. The van der Waals surface area contributed by atoms with Gasteiger partial charge in [-0.25, -0.2) is 4.79 Å². The SMILES string of the molecule is COC(=O)C(=O)CC[C@H]1C[C@]1(C)c1coc2ccccc12. The number of hydrogen-bond donors (Lipinski definition) is 0. The zero-order valence-electron chi connectivity index (χ0n) is 12.2. The highest BCUT2D eigenvalue weighted by atomic mass is 16.5. The minimum absolute atomic E-state index is 0.0446. The summed E-state index contributed by atoms with van der Waals surface area (Å²) in [6.45, 7) is 2.19. The average molecular weight is 286 g/mol. The molecule has 1 heterocycles. The van der Waals surface area contributed by atoms with Crippen molar-refractivity contribution in [3.63, 3.8) is 0 Å². The summed E-state index contributed by atoms with van der Waals surface area (Å²) < 4.78 is 10.0. The summed E-state index contributed by atoms with van der Waals surface area (Å²) in [5.41, 5.74) is 2.14. The Hall–Kier alpha value is -2.10. The van der Waals surface area contributed by atoms with E-state index in [0.717, 1.165) is 17.4 Å². The van der Waals surface area contributed by atoms with Gasteiger partial charge in [-0.2, -0.15) is 0 Å². The molecule has 0 amide bonds. The van der Waals surface area contributed by atoms with Crippen molar-refractivity contribution < 1.29 is 18.7 Å². The molecule has 0 bridgehead atoms. The number of esters is 1. The lowest BCUT2D eigenvalue weighted by Crippen LogP contribution is -2.16. The number of hydrogen-bond acceptors (Lipinski definition) is 4. The Bertz CT molecular complexity index is 700. The van der Waals surface area contributed by atoms with Gasteiger partial charge in [0.25, 0.3) is 0 Å². The van der Waals surface area contributed by atoms with Gasteiger partial charge in [0.2, 0.25) is 5.78 Å². The summed E-state index contributed by atoms with van der Waals surface area (Å²) in [6, 6.07) is 7.98. The van der Waals surface area contributed by atoms with Gasteiger partial charge < -0.3 is 9.15 Å². The van der Waals surface area contributed by atoms with Gasteiger partial charge in [0.15, 0.2) is 0 Å². The Kier molecular flexibility index (Phi) is 3.32. The normalized spacial score (nSPS) is 24.0. The van der Waals surface area contributed by atoms with Crippen molar-refractivity contribution in [1.82, 2.24) is 0 Å². The molecule has 2 atom stereocenters. The van der Waals surface area contributed by atoms with E-state index in [-0.39, 0.29) is 11.8 Å². The average Bonchev–Trinajstić information content (AvgIpc) is 2.97. The molecule has 0 saturated heterocycles. The smallest absolute Gasteiger partial charge is 0.374 e. The van der Waals surface area contributed by atoms with Crippen molar-refractivity contribution in [2.45, 2.75) is 31.6 Å². The lowest BCUT2D eigenvalue weighted by Gasteiger charge is -2.09. The largest absolute Gasteiger partial charge is 0.464 e. The van der Waals surface area contributed by atoms with Crippen LogP contribution in [-0.4, -0.2) is 18.9 Å². The molecule has 1 aliphatic carbocycles. The van der Waals surface area contributed by atoms with Crippen molar-refractivity contribution in [2.75, 3.05) is 7.11 Å². The van der Waals surface area contributed by atoms with Crippen molar-refractivity contribution in [3.05, 3.63) is 36.1 Å². The molecule has 0 spiro atoms. The number of benzene rings is 1. The first-order chi connectivity index (χ1) is 10.1. The maximum Gasteiger partial charge on any atom is 0.374 e. The van der Waals surface area contributed by atoms with Crippen LogP contribution in [0.2, 0.25) is 0 Å². The van der Waals surface area contributed by atoms with Gasteiger partial charge in [-0.3, -0.25) is 4.79 Å². The van der Waals surface area contributed by atoms with Crippen LogP contribution < -0.4 is 0 Å². The number of fused-ring (bicyclic) bond motifs is 1. The Morgan fingerprint density at radius 3 is 2.90 bits per heavy atom. The Morgan fingerprint density at radius 2 is 2.14 bits per heavy atom. The van der Waals surface area contributed by atoms with E-state index in [1.807, 2.05) is 24.5 Å². The Balaban J connectivity index is 1.70. The van der Waals surface area contributed by atoms with E-state index in [0.29, 0.717) is 12.3 Å². The van der Waals surface area contributed by atoms with Gasteiger partial charge in [-0.05, 0) is 30.2 Å². The fraction of sp³-hybridized carbons (Fsp3) is 0.412. The maximum absolute atomic E-state index is 11.5. The summed E-state index contributed by atoms with van der Waals surface area (Å²) in [7, 11) is 1.24. The molecule has 0 aliphatic heterocycles. The molecule has 1 aromatic carbocycles. The topological polar surface area (TPSA) is 56.5 Å². The number of furan rings is 1. The molecule has 4 heteroatoms. The number of methoxy groups -OCH3 is 1. The molecule has 1 aliphatic rings. The molecule has 110 valence electrons. The first-order valence-electron chi connectivity index (χ1n) is 7.14. The van der Waals surface area contributed by atoms with Crippen LogP contribution in [0.5, 0.6) is 0 Å². The Labute approximate surface area is 123 Å². The number of carbonyl (C=O) groups is 2. The molecule has 2 aromatic rings. The van der Waals surface area contributed by atoms with Crippen LogP contribution in [0.3, 0.4) is 0 Å². The summed E-state index contributed by atoms with van der Waals surface area (Å²) in [5, 5.41) is 1.14. The fourth-order valence-electron chi connectivity index (χ4n) is 3.14. The van der Waals surface area contributed by atoms with Crippen LogP contribution in [0, 0.1) is 5.92 Å². The first kappa shape index (κ1) is 13.9. The van der Waals surface area contributed by atoms with Crippen molar-refractivity contribution >= 4 is 22.7 Å². The zero-order valence-corrected chi connectivity index (χ0v) is 12.2. The molecule has 0 unspecified atom stereocenters. The highest BCUT2D eigenvalue weighted by Crippen LogP contribution is 2.57. The molecule has 21 heavy (non-hydrogen) atoms. The van der Waals surface area contributed by atoms with Gasteiger partial charge in [-0.15, -0.1) is 0 Å². The third-order valence-electron chi connectivity index (χ3n) is 4.64. The molecule has 1 saturated carbocycles. The molecule has 0 N–H and O–H groups in total. The van der Waals surface area contributed by atoms with Crippen molar-refractivity contribution in [1.29, 1.82) is 0 Å². The minimum atomic E-state index is -0.744. The van der Waals surface area contributed by atoms with Crippen LogP contribution in [0.1, 0.15) is 31.7 Å². The van der Waals surface area contributed by atoms with E-state index in [9.17, 15) is 9.59 Å². The second-order valence-corrected chi connectivity index (χ2v) is 5.92. The van der Waals surface area contributed by atoms with Crippen molar-refractivity contribution in [2.24, 2.45) is 5.92 Å². The quantitative estimate of drug-likeness (QED) is 0.625. The number of para-hydroxylation sites is 1. The van der Waals surface area contributed by atoms with Crippen LogP contribution in [0.4, 0.5) is 0 Å². The number of rotatable bonds is 5. The number of carbonyl (C=O) groups excluding carboxylic acids is 2. The molecular formula is C17H18O4. The summed E-state index contributed by atoms with van der Waals surface area (Å²) >= 11 is 0. The third-order valence-corrected chi connectivity index (χ3v) is 4.64. The zero-order chi connectivity index (χ0) is 15.0. The van der Waals surface area contributed by atoms with E-state index < -0.39 is 11.8 Å². The molecule has 3 rings (SSSR count). The number of ether oxygens (including phenoxy) is 1. The van der Waals surface area contributed by atoms with E-state index in [1.54, 1.807) is 0 Å². The lowest BCUT2D eigenvalue weighted by molar-refractivity contribution is -0.151. The highest BCUT2D eigenvalue weighted by molar-refractivity contribution is 6.33. The van der Waals surface area contributed by atoms with Crippen LogP contribution in [-0.2, 0) is 19.7 Å². The van der Waals surface area contributed by atoms with E-state index in [4.69, 9.17) is 4.42 Å². The van der Waals surface area contributed by atoms with E-state index in [2.05, 4.69) is 17.7 Å². The van der Waals surface area contributed by atoms with Gasteiger partial charge in [0.1, 0.15) is 5.58 Å². The van der Waals surface area contributed by atoms with Gasteiger partial charge >= 0.3 is 5.97 Å². The second kappa shape index (κ2) is 5.02. The van der Waals surface area contributed by atoms with Gasteiger partial charge in [-0.1, -0.05) is 25.1 Å². The molecular weight excluding hydrogens is 268 g/mol. The summed E-state index contributed by atoms with van der Waals surface area (Å²) in [6.07, 6.45) is 3.81. The fourth-order valence-corrected chi connectivity index (χ4v) is 3.14. The highest BCUT2D eigenvalue weighted by Gasteiger charge is 2.52. The molecule has 4 nitrogen and oxygen atoms in total. The maximum atomic E-state index is 11.5. The van der Waals surface area contributed by atoms with Crippen molar-refractivity contribution in [3.8, 4) is 0 Å². The monoisotopic (exact) mass is 286 g/mol. The summed E-state index contributed by atoms with van der Waals surface area (Å²) in [5.74, 6) is -0.776. The minimum Gasteiger partial charge on any atom is -0.464 e. The lowest BCUT2D eigenvalue weighted by atomic mass is 9.93.